The predicted octanol–water partition coefficient (Wildman–Crippen LogP) is 0.0902. The van der Waals surface area contributed by atoms with Crippen molar-refractivity contribution in [2.75, 3.05) is 0 Å². The first-order valence-corrected chi connectivity index (χ1v) is 5.93. The smallest absolute Gasteiger partial charge is 0.339 e. The highest BCUT2D eigenvalue weighted by Crippen LogP contribution is 2.08. The summed E-state index contributed by atoms with van der Waals surface area (Å²) in [4.78, 5) is 23.1. The SMILES string of the molecule is Cc1cc(CNC(=O)c2c(C(=O)O)cnn2C)n(C)n1. The van der Waals surface area contributed by atoms with Gasteiger partial charge in [0.1, 0.15) is 11.3 Å². The highest BCUT2D eigenvalue weighted by Gasteiger charge is 2.21. The van der Waals surface area contributed by atoms with Gasteiger partial charge in [0.2, 0.25) is 0 Å². The van der Waals surface area contributed by atoms with Crippen molar-refractivity contribution in [1.82, 2.24) is 24.9 Å². The first-order valence-electron chi connectivity index (χ1n) is 5.93. The molecule has 2 aromatic rings. The third-order valence-electron chi connectivity index (χ3n) is 2.91. The molecule has 0 aliphatic rings. The lowest BCUT2D eigenvalue weighted by atomic mass is 10.2. The van der Waals surface area contributed by atoms with Gasteiger partial charge < -0.3 is 10.4 Å². The Morgan fingerprint density at radius 2 is 2.05 bits per heavy atom. The van der Waals surface area contributed by atoms with Crippen molar-refractivity contribution in [2.45, 2.75) is 13.5 Å². The van der Waals surface area contributed by atoms with Crippen LogP contribution in [0, 0.1) is 6.92 Å². The van der Waals surface area contributed by atoms with Gasteiger partial charge in [-0.15, -0.1) is 0 Å². The minimum atomic E-state index is -1.18. The van der Waals surface area contributed by atoms with Crippen molar-refractivity contribution in [3.8, 4) is 0 Å². The lowest BCUT2D eigenvalue weighted by Gasteiger charge is -2.06. The summed E-state index contributed by atoms with van der Waals surface area (Å²) in [5, 5.41) is 19.6. The van der Waals surface area contributed by atoms with Crippen LogP contribution in [0.25, 0.3) is 0 Å². The van der Waals surface area contributed by atoms with Crippen LogP contribution in [0.4, 0.5) is 0 Å². The molecule has 20 heavy (non-hydrogen) atoms. The average Bonchev–Trinajstić information content (AvgIpc) is 2.89. The van der Waals surface area contributed by atoms with Gasteiger partial charge in [0, 0.05) is 14.1 Å². The van der Waals surface area contributed by atoms with Crippen molar-refractivity contribution in [1.29, 1.82) is 0 Å². The van der Waals surface area contributed by atoms with Crippen LogP contribution in [0.2, 0.25) is 0 Å². The summed E-state index contributed by atoms with van der Waals surface area (Å²) in [5.74, 6) is -1.67. The third kappa shape index (κ3) is 2.53. The summed E-state index contributed by atoms with van der Waals surface area (Å²) in [7, 11) is 3.30. The Morgan fingerprint density at radius 3 is 2.60 bits per heavy atom. The van der Waals surface area contributed by atoms with E-state index >= 15 is 0 Å². The molecular formula is C12H15N5O3. The zero-order valence-corrected chi connectivity index (χ0v) is 11.4. The lowest BCUT2D eigenvalue weighted by molar-refractivity contribution is 0.0690. The van der Waals surface area contributed by atoms with E-state index in [2.05, 4.69) is 15.5 Å². The van der Waals surface area contributed by atoms with E-state index in [1.165, 1.54) is 11.7 Å². The van der Waals surface area contributed by atoms with Crippen LogP contribution < -0.4 is 5.32 Å². The zero-order chi connectivity index (χ0) is 14.9. The molecule has 2 aromatic heterocycles. The molecule has 0 saturated carbocycles. The molecule has 0 aliphatic heterocycles. The van der Waals surface area contributed by atoms with Crippen molar-refractivity contribution in [3.63, 3.8) is 0 Å². The number of rotatable bonds is 4. The van der Waals surface area contributed by atoms with E-state index in [4.69, 9.17) is 5.11 Å². The number of carboxylic acid groups (broad SMARTS) is 1. The summed E-state index contributed by atoms with van der Waals surface area (Å²) in [6.45, 7) is 2.12. The Balaban J connectivity index is 2.15. The molecule has 0 bridgehead atoms. The molecule has 0 radical (unpaired) electrons. The van der Waals surface area contributed by atoms with Gasteiger partial charge in [-0.1, -0.05) is 0 Å². The van der Waals surface area contributed by atoms with Gasteiger partial charge >= 0.3 is 5.97 Å². The molecule has 0 aliphatic carbocycles. The third-order valence-corrected chi connectivity index (χ3v) is 2.91. The van der Waals surface area contributed by atoms with Gasteiger partial charge in [-0.2, -0.15) is 10.2 Å². The number of aromatic nitrogens is 4. The second-order valence-corrected chi connectivity index (χ2v) is 4.42. The lowest BCUT2D eigenvalue weighted by Crippen LogP contribution is -2.27. The van der Waals surface area contributed by atoms with E-state index in [0.29, 0.717) is 0 Å². The minimum Gasteiger partial charge on any atom is -0.478 e. The van der Waals surface area contributed by atoms with Crippen LogP contribution in [0.3, 0.4) is 0 Å². The van der Waals surface area contributed by atoms with E-state index in [0.717, 1.165) is 17.6 Å². The summed E-state index contributed by atoms with van der Waals surface area (Å²) in [6.07, 6.45) is 1.16. The Kier molecular flexibility index (Phi) is 3.55. The predicted molar refractivity (Wildman–Crippen MR) is 69.3 cm³/mol. The zero-order valence-electron chi connectivity index (χ0n) is 11.4. The van der Waals surface area contributed by atoms with E-state index in [1.54, 1.807) is 11.7 Å². The van der Waals surface area contributed by atoms with Gasteiger partial charge in [0.25, 0.3) is 5.91 Å². The Bertz CT molecular complexity index is 671. The summed E-state index contributed by atoms with van der Waals surface area (Å²) in [6, 6.07) is 1.85. The van der Waals surface area contributed by atoms with E-state index < -0.39 is 11.9 Å². The summed E-state index contributed by atoms with van der Waals surface area (Å²) in [5.41, 5.74) is 1.58. The number of aryl methyl sites for hydroxylation is 3. The first-order chi connectivity index (χ1) is 9.40. The largest absolute Gasteiger partial charge is 0.478 e. The normalized spacial score (nSPS) is 10.6. The molecule has 0 fully saturated rings. The minimum absolute atomic E-state index is 0.0244. The molecule has 2 heterocycles. The van der Waals surface area contributed by atoms with Crippen molar-refractivity contribution in [2.24, 2.45) is 14.1 Å². The van der Waals surface area contributed by atoms with Crippen molar-refractivity contribution < 1.29 is 14.7 Å². The van der Waals surface area contributed by atoms with Crippen molar-refractivity contribution >= 4 is 11.9 Å². The van der Waals surface area contributed by atoms with Crippen LogP contribution in [-0.4, -0.2) is 36.5 Å². The number of hydrogen-bond acceptors (Lipinski definition) is 4. The molecule has 106 valence electrons. The molecule has 2 rings (SSSR count). The topological polar surface area (TPSA) is 102 Å². The quantitative estimate of drug-likeness (QED) is 0.824. The van der Waals surface area contributed by atoms with E-state index in [1.807, 2.05) is 13.0 Å². The van der Waals surface area contributed by atoms with Gasteiger partial charge in [-0.05, 0) is 13.0 Å². The molecule has 0 atom stereocenters. The number of carboxylic acids is 1. The molecule has 8 nitrogen and oxygen atoms in total. The van der Waals surface area contributed by atoms with Gasteiger partial charge in [-0.25, -0.2) is 4.79 Å². The number of carbonyl (C=O) groups excluding carboxylic acids is 1. The highest BCUT2D eigenvalue weighted by molar-refractivity contribution is 6.03. The fourth-order valence-electron chi connectivity index (χ4n) is 1.95. The van der Waals surface area contributed by atoms with Gasteiger partial charge in [0.15, 0.2) is 0 Å². The molecule has 0 spiro atoms. The first kappa shape index (κ1) is 13.8. The summed E-state index contributed by atoms with van der Waals surface area (Å²) >= 11 is 0. The Morgan fingerprint density at radius 1 is 1.35 bits per heavy atom. The molecule has 0 unspecified atom stereocenters. The average molecular weight is 277 g/mol. The number of nitrogens with one attached hydrogen (secondary N) is 1. The number of aromatic carboxylic acids is 1. The van der Waals surface area contributed by atoms with Crippen LogP contribution in [0.15, 0.2) is 12.3 Å². The highest BCUT2D eigenvalue weighted by atomic mass is 16.4. The Hall–Kier alpha value is -2.64. The van der Waals surface area contributed by atoms with Gasteiger partial charge in [-0.3, -0.25) is 14.2 Å². The number of carbonyl (C=O) groups is 2. The molecule has 8 heteroatoms. The molecule has 0 aromatic carbocycles. The molecular weight excluding hydrogens is 262 g/mol. The Labute approximate surface area is 115 Å². The number of amides is 1. The summed E-state index contributed by atoms with van der Waals surface area (Å²) < 4.78 is 2.91. The monoisotopic (exact) mass is 277 g/mol. The molecule has 1 amide bonds. The molecule has 0 saturated heterocycles. The second kappa shape index (κ2) is 5.16. The van der Waals surface area contributed by atoms with Crippen LogP contribution >= 0.6 is 0 Å². The van der Waals surface area contributed by atoms with E-state index in [-0.39, 0.29) is 17.8 Å². The fourth-order valence-corrected chi connectivity index (χ4v) is 1.95. The van der Waals surface area contributed by atoms with Crippen LogP contribution in [0.1, 0.15) is 32.2 Å². The van der Waals surface area contributed by atoms with E-state index in [9.17, 15) is 9.59 Å². The maximum atomic E-state index is 12.1. The van der Waals surface area contributed by atoms with Crippen molar-refractivity contribution in [3.05, 3.63) is 34.9 Å². The number of hydrogen-bond donors (Lipinski definition) is 2. The molecule has 2 N–H and O–H groups in total. The maximum Gasteiger partial charge on any atom is 0.339 e. The standard InChI is InChI=1S/C12H15N5O3/c1-7-4-8(16(2)15-7)5-13-11(18)10-9(12(19)20)6-14-17(10)3/h4,6H,5H2,1-3H3,(H,13,18)(H,19,20). The van der Waals surface area contributed by atoms with Gasteiger partial charge in [0.05, 0.1) is 24.1 Å². The van der Waals surface area contributed by atoms with Crippen LogP contribution in [0.5, 0.6) is 0 Å². The fraction of sp³-hybridized carbons (Fsp3) is 0.333. The maximum absolute atomic E-state index is 12.1. The number of nitrogens with zero attached hydrogens (tertiary/aromatic N) is 4. The second-order valence-electron chi connectivity index (χ2n) is 4.42. The van der Waals surface area contributed by atoms with Crippen LogP contribution in [-0.2, 0) is 20.6 Å².